The fourth-order valence-corrected chi connectivity index (χ4v) is 4.85. The molecule has 3 rings (SSSR count). The van der Waals surface area contributed by atoms with Crippen LogP contribution in [-0.2, 0) is 47.5 Å². The molecular formula is C33H45NO13. The number of allylic oxidation sites excluding steroid dienone is 2. The number of benzene rings is 1. The molecule has 0 atom stereocenters. The molecule has 0 saturated heterocycles. The standard InChI is InChI=1S/C33H45NO13/c1-22-29(32(36)45-18-16-43-14-12-41-10-8-38-3)31(26-21-28(35)47-27-20-24(40-5)6-7-25(26)27)30(23(2)34-22)33(37)46-19-17-44-15-13-42-11-9-39-4/h6-7,20-21,31,34H,8-19H2,1-5H3. The summed E-state index contributed by atoms with van der Waals surface area (Å²) in [5, 5.41) is 3.61. The molecule has 1 N–H and O–H groups in total. The molecule has 0 bridgehead atoms. The lowest BCUT2D eigenvalue weighted by molar-refractivity contribution is -0.141. The average Bonchev–Trinajstić information content (AvgIpc) is 3.05. The Morgan fingerprint density at radius 1 is 0.681 bits per heavy atom. The molecule has 0 unspecified atom stereocenters. The van der Waals surface area contributed by atoms with E-state index in [1.165, 1.54) is 13.2 Å². The van der Waals surface area contributed by atoms with E-state index in [0.29, 0.717) is 80.9 Å². The Bertz CT molecular complexity index is 1380. The number of dihydropyridines is 1. The summed E-state index contributed by atoms with van der Waals surface area (Å²) in [6.07, 6.45) is 0. The minimum absolute atomic E-state index is 0.0513. The molecule has 1 aliphatic heterocycles. The first-order valence-corrected chi connectivity index (χ1v) is 15.3. The highest BCUT2D eigenvalue weighted by molar-refractivity contribution is 6.01. The van der Waals surface area contributed by atoms with Gasteiger partial charge in [0.15, 0.2) is 0 Å². The van der Waals surface area contributed by atoms with Crippen LogP contribution in [0.2, 0.25) is 0 Å². The van der Waals surface area contributed by atoms with Crippen LogP contribution in [0.1, 0.15) is 25.3 Å². The van der Waals surface area contributed by atoms with E-state index in [4.69, 9.17) is 47.0 Å². The number of hydrogen-bond acceptors (Lipinski definition) is 14. The molecule has 0 amide bonds. The number of esters is 2. The third-order valence-electron chi connectivity index (χ3n) is 7.02. The van der Waals surface area contributed by atoms with Crippen molar-refractivity contribution in [1.82, 2.24) is 5.32 Å². The van der Waals surface area contributed by atoms with E-state index in [2.05, 4.69) is 5.32 Å². The lowest BCUT2D eigenvalue weighted by atomic mass is 9.79. The SMILES string of the molecule is COCCOCCOCCOC(=O)C1=C(C)NC(C)=C(C(=O)OCCOCCOCCOC)C1c1cc(=O)oc2cc(OC)ccc12. The lowest BCUT2D eigenvalue weighted by Crippen LogP contribution is -2.33. The predicted octanol–water partition coefficient (Wildman–Crippen LogP) is 2.48. The first kappa shape index (κ1) is 37.7. The highest BCUT2D eigenvalue weighted by Gasteiger charge is 2.39. The van der Waals surface area contributed by atoms with E-state index >= 15 is 0 Å². The summed E-state index contributed by atoms with van der Waals surface area (Å²) in [6.45, 7) is 6.76. The summed E-state index contributed by atoms with van der Waals surface area (Å²) in [5.74, 6) is -1.94. The van der Waals surface area contributed by atoms with Crippen molar-refractivity contribution < 1.29 is 56.6 Å². The van der Waals surface area contributed by atoms with Crippen LogP contribution in [0.15, 0.2) is 56.0 Å². The molecule has 47 heavy (non-hydrogen) atoms. The highest BCUT2D eigenvalue weighted by Crippen LogP contribution is 2.41. The number of nitrogens with one attached hydrogen (secondary N) is 1. The Morgan fingerprint density at radius 3 is 1.62 bits per heavy atom. The lowest BCUT2D eigenvalue weighted by Gasteiger charge is -2.31. The van der Waals surface area contributed by atoms with E-state index in [1.807, 2.05) is 0 Å². The molecule has 1 aromatic heterocycles. The largest absolute Gasteiger partial charge is 0.497 e. The zero-order valence-electron chi connectivity index (χ0n) is 27.7. The third-order valence-corrected chi connectivity index (χ3v) is 7.02. The van der Waals surface area contributed by atoms with E-state index in [9.17, 15) is 14.4 Å². The fourth-order valence-electron chi connectivity index (χ4n) is 4.85. The maximum absolute atomic E-state index is 13.7. The Hall–Kier alpha value is -3.79. The summed E-state index contributed by atoms with van der Waals surface area (Å²) in [6, 6.07) is 6.24. The Kier molecular flexibility index (Phi) is 16.4. The van der Waals surface area contributed by atoms with Crippen molar-refractivity contribution in [3.8, 4) is 5.75 Å². The van der Waals surface area contributed by atoms with Crippen molar-refractivity contribution in [2.24, 2.45) is 0 Å². The van der Waals surface area contributed by atoms with Crippen LogP contribution in [-0.4, -0.2) is 113 Å². The monoisotopic (exact) mass is 663 g/mol. The second-order valence-electron chi connectivity index (χ2n) is 10.2. The number of hydrogen-bond donors (Lipinski definition) is 1. The van der Waals surface area contributed by atoms with Gasteiger partial charge in [-0.3, -0.25) is 0 Å². The molecule has 14 nitrogen and oxygen atoms in total. The summed E-state index contributed by atoms with van der Waals surface area (Å²) in [7, 11) is 4.67. The van der Waals surface area contributed by atoms with Crippen molar-refractivity contribution in [2.75, 3.05) is 101 Å². The van der Waals surface area contributed by atoms with E-state index in [0.717, 1.165) is 0 Å². The molecule has 14 heteroatoms. The van der Waals surface area contributed by atoms with Gasteiger partial charge in [0, 0.05) is 43.1 Å². The minimum atomic E-state index is -1.03. The maximum atomic E-state index is 13.7. The second kappa shape index (κ2) is 20.4. The third kappa shape index (κ3) is 11.4. The zero-order valence-corrected chi connectivity index (χ0v) is 27.7. The Morgan fingerprint density at radius 2 is 1.15 bits per heavy atom. The average molecular weight is 664 g/mol. The van der Waals surface area contributed by atoms with Gasteiger partial charge in [-0.2, -0.15) is 0 Å². The molecule has 2 aromatic rings. The summed E-state index contributed by atoms with van der Waals surface area (Å²) < 4.78 is 53.6. The number of carbonyl (C=O) groups excluding carboxylic acids is 2. The topological polar surface area (TPSA) is 159 Å². The van der Waals surface area contributed by atoms with Crippen LogP contribution in [0.3, 0.4) is 0 Å². The summed E-state index contributed by atoms with van der Waals surface area (Å²) >= 11 is 0. The van der Waals surface area contributed by atoms with Gasteiger partial charge < -0.3 is 52.4 Å². The molecule has 1 aliphatic rings. The van der Waals surface area contributed by atoms with Gasteiger partial charge in [-0.1, -0.05) is 0 Å². The second-order valence-corrected chi connectivity index (χ2v) is 10.2. The van der Waals surface area contributed by atoms with Gasteiger partial charge in [-0.05, 0) is 31.5 Å². The van der Waals surface area contributed by atoms with Crippen LogP contribution in [0, 0.1) is 0 Å². The quantitative estimate of drug-likeness (QED) is 0.111. The van der Waals surface area contributed by atoms with Gasteiger partial charge in [0.1, 0.15) is 24.5 Å². The first-order chi connectivity index (χ1) is 22.8. The van der Waals surface area contributed by atoms with Gasteiger partial charge in [-0.25, -0.2) is 14.4 Å². The molecule has 0 saturated carbocycles. The molecule has 1 aromatic carbocycles. The Labute approximate surface area is 273 Å². The van der Waals surface area contributed by atoms with Crippen LogP contribution in [0.5, 0.6) is 5.75 Å². The number of carbonyl (C=O) groups is 2. The molecule has 0 radical (unpaired) electrons. The minimum Gasteiger partial charge on any atom is -0.497 e. The predicted molar refractivity (Wildman–Crippen MR) is 169 cm³/mol. The number of fused-ring (bicyclic) bond motifs is 1. The van der Waals surface area contributed by atoms with E-state index in [1.54, 1.807) is 46.3 Å². The first-order valence-electron chi connectivity index (χ1n) is 15.3. The summed E-state index contributed by atoms with van der Waals surface area (Å²) in [5.41, 5.74) is 1.10. The van der Waals surface area contributed by atoms with Crippen molar-refractivity contribution in [3.63, 3.8) is 0 Å². The van der Waals surface area contributed by atoms with Crippen LogP contribution in [0.4, 0.5) is 0 Å². The summed E-state index contributed by atoms with van der Waals surface area (Å²) in [4.78, 5) is 40.2. The van der Waals surface area contributed by atoms with E-state index in [-0.39, 0.29) is 43.2 Å². The van der Waals surface area contributed by atoms with Crippen molar-refractivity contribution in [3.05, 3.63) is 62.8 Å². The number of ether oxygens (including phenoxy) is 9. The smallest absolute Gasteiger partial charge is 0.336 e. The molecule has 2 heterocycles. The van der Waals surface area contributed by atoms with Gasteiger partial charge in [0.25, 0.3) is 0 Å². The normalized spacial score (nSPS) is 13.6. The van der Waals surface area contributed by atoms with Crippen LogP contribution in [0.25, 0.3) is 11.0 Å². The molecule has 0 fully saturated rings. The fraction of sp³-hybridized carbons (Fsp3) is 0.545. The van der Waals surface area contributed by atoms with Gasteiger partial charge in [0.2, 0.25) is 0 Å². The molecular weight excluding hydrogens is 618 g/mol. The number of methoxy groups -OCH3 is 3. The zero-order chi connectivity index (χ0) is 34.0. The van der Waals surface area contributed by atoms with Crippen LogP contribution < -0.4 is 15.7 Å². The van der Waals surface area contributed by atoms with Crippen molar-refractivity contribution in [2.45, 2.75) is 19.8 Å². The number of rotatable bonds is 22. The maximum Gasteiger partial charge on any atom is 0.336 e. The molecule has 0 aliphatic carbocycles. The van der Waals surface area contributed by atoms with Crippen molar-refractivity contribution >= 4 is 22.9 Å². The Balaban J connectivity index is 1.81. The highest BCUT2D eigenvalue weighted by atomic mass is 16.6. The van der Waals surface area contributed by atoms with Gasteiger partial charge in [-0.15, -0.1) is 0 Å². The van der Waals surface area contributed by atoms with Gasteiger partial charge >= 0.3 is 17.6 Å². The molecule has 0 spiro atoms. The van der Waals surface area contributed by atoms with Gasteiger partial charge in [0.05, 0.1) is 90.2 Å². The van der Waals surface area contributed by atoms with Crippen LogP contribution >= 0.6 is 0 Å². The van der Waals surface area contributed by atoms with E-state index < -0.39 is 23.5 Å². The molecule has 260 valence electrons. The van der Waals surface area contributed by atoms with Crippen molar-refractivity contribution in [1.29, 1.82) is 0 Å².